The van der Waals surface area contributed by atoms with Crippen molar-refractivity contribution in [3.63, 3.8) is 0 Å². The smallest absolute Gasteiger partial charge is 0.264 e. The Labute approximate surface area is 287 Å². The first kappa shape index (κ1) is 34.1. The van der Waals surface area contributed by atoms with Gasteiger partial charge in [0.2, 0.25) is 0 Å². The van der Waals surface area contributed by atoms with Crippen molar-refractivity contribution in [3.05, 3.63) is 113 Å². The molecule has 3 heterocycles. The maximum absolute atomic E-state index is 14.4. The average molecular weight is 684 g/mol. The first-order valence-electron chi connectivity index (χ1n) is 16.4. The molecule has 11 nitrogen and oxygen atoms in total. The van der Waals surface area contributed by atoms with E-state index in [2.05, 4.69) is 50.7 Å². The summed E-state index contributed by atoms with van der Waals surface area (Å²) in [6.07, 6.45) is 2.06. The molecule has 256 valence electrons. The Morgan fingerprint density at radius 2 is 1.55 bits per heavy atom. The topological polar surface area (TPSA) is 121 Å². The third-order valence-electron chi connectivity index (χ3n) is 9.37. The van der Waals surface area contributed by atoms with Gasteiger partial charge in [0.15, 0.2) is 16.5 Å². The highest BCUT2D eigenvalue weighted by atomic mass is 32.2. The molecule has 2 amide bonds. The summed E-state index contributed by atoms with van der Waals surface area (Å²) in [5.74, 6) is 0.218. The number of amides is 2. The number of aromatic nitrogens is 1. The van der Waals surface area contributed by atoms with Gasteiger partial charge in [-0.2, -0.15) is 0 Å². The Bertz CT molecular complexity index is 1900. The predicted octanol–water partition coefficient (Wildman–Crippen LogP) is 5.08. The molecule has 1 unspecified atom stereocenters. The summed E-state index contributed by atoms with van der Waals surface area (Å²) in [5, 5.41) is -0.0744. The van der Waals surface area contributed by atoms with Crippen LogP contribution in [0.2, 0.25) is 0 Å². The number of nitrogens with zero attached hydrogens (tertiary/aromatic N) is 4. The summed E-state index contributed by atoms with van der Waals surface area (Å²) in [6.45, 7) is 5.35. The van der Waals surface area contributed by atoms with E-state index in [0.717, 1.165) is 18.8 Å². The van der Waals surface area contributed by atoms with Gasteiger partial charge in [-0.05, 0) is 67.3 Å². The summed E-state index contributed by atoms with van der Waals surface area (Å²) >= 11 is 0. The van der Waals surface area contributed by atoms with Gasteiger partial charge >= 0.3 is 0 Å². The third kappa shape index (κ3) is 7.03. The number of pyridine rings is 1. The molecule has 1 saturated heterocycles. The van der Waals surface area contributed by atoms with Gasteiger partial charge in [0.25, 0.3) is 21.8 Å². The van der Waals surface area contributed by atoms with Crippen LogP contribution in [0.15, 0.2) is 96.2 Å². The molecule has 2 atom stereocenters. The summed E-state index contributed by atoms with van der Waals surface area (Å²) in [7, 11) is -0.761. The maximum Gasteiger partial charge on any atom is 0.264 e. The molecular formula is C37H41N5O6S. The SMILES string of the molecule is COc1ccc(C(CCCNS(=O)(=O)c2ccccn2)N2C(=O)c3cccc(N4CCN([C@H](C)c5ccccc5)CC4)c3C2=O)cc1OC. The highest BCUT2D eigenvalue weighted by molar-refractivity contribution is 7.89. The van der Waals surface area contributed by atoms with Crippen LogP contribution < -0.4 is 19.1 Å². The molecule has 12 heteroatoms. The van der Waals surface area contributed by atoms with Crippen LogP contribution in [0.4, 0.5) is 5.69 Å². The lowest BCUT2D eigenvalue weighted by Gasteiger charge is -2.39. The molecule has 6 rings (SSSR count). The number of sulfonamides is 1. The van der Waals surface area contributed by atoms with Crippen molar-refractivity contribution in [1.29, 1.82) is 0 Å². The second-order valence-electron chi connectivity index (χ2n) is 12.1. The number of hydrogen-bond acceptors (Lipinski definition) is 9. The Kier molecular flexibility index (Phi) is 10.3. The monoisotopic (exact) mass is 683 g/mol. The number of rotatable bonds is 13. The van der Waals surface area contributed by atoms with Gasteiger partial charge in [0, 0.05) is 45.0 Å². The number of piperazine rings is 1. The molecule has 1 N–H and O–H groups in total. The summed E-state index contributed by atoms with van der Waals surface area (Å²) in [4.78, 5) is 38.4. The number of methoxy groups -OCH3 is 2. The van der Waals surface area contributed by atoms with Crippen molar-refractivity contribution >= 4 is 27.5 Å². The van der Waals surface area contributed by atoms with E-state index < -0.39 is 16.1 Å². The van der Waals surface area contributed by atoms with Crippen molar-refractivity contribution in [2.45, 2.75) is 36.9 Å². The second-order valence-corrected chi connectivity index (χ2v) is 13.8. The van der Waals surface area contributed by atoms with E-state index in [-0.39, 0.29) is 29.4 Å². The standard InChI is InChI=1S/C37H41N5O6S/c1-26(27-11-5-4-6-12-27)40-21-23-41(24-22-40)31-14-9-13-29-35(31)37(44)42(36(29)43)30(28-17-18-32(47-2)33(25-28)48-3)15-10-20-39-49(45,46)34-16-7-8-19-38-34/h4-9,11-14,16-19,25-26,30,39H,10,15,20-24H2,1-3H3/t26-,30?/m1/s1. The minimum atomic E-state index is -3.82. The normalized spacial score (nSPS) is 16.4. The van der Waals surface area contributed by atoms with Crippen LogP contribution in [0.5, 0.6) is 11.5 Å². The number of benzene rings is 3. The third-order valence-corrected chi connectivity index (χ3v) is 10.7. The molecule has 2 aliphatic rings. The zero-order chi connectivity index (χ0) is 34.5. The van der Waals surface area contributed by atoms with Gasteiger partial charge in [-0.1, -0.05) is 48.5 Å². The Morgan fingerprint density at radius 3 is 2.24 bits per heavy atom. The fraction of sp³-hybridized carbons (Fsp3) is 0.324. The summed E-state index contributed by atoms with van der Waals surface area (Å²) in [5.41, 5.74) is 3.45. The average Bonchev–Trinajstić information content (AvgIpc) is 3.40. The molecule has 0 radical (unpaired) electrons. The van der Waals surface area contributed by atoms with Gasteiger partial charge in [-0.25, -0.2) is 18.1 Å². The first-order chi connectivity index (χ1) is 23.7. The molecule has 0 aliphatic carbocycles. The lowest BCUT2D eigenvalue weighted by molar-refractivity contribution is 0.0572. The number of carbonyl (C=O) groups excluding carboxylic acids is 2. The van der Waals surface area contributed by atoms with Gasteiger partial charge in [-0.15, -0.1) is 0 Å². The van der Waals surface area contributed by atoms with E-state index in [4.69, 9.17) is 9.47 Å². The molecule has 1 fully saturated rings. The minimum Gasteiger partial charge on any atom is -0.493 e. The molecule has 3 aromatic carbocycles. The molecule has 0 bridgehead atoms. The van der Waals surface area contributed by atoms with Crippen molar-refractivity contribution < 1.29 is 27.5 Å². The van der Waals surface area contributed by atoms with Crippen LogP contribution in [-0.2, 0) is 10.0 Å². The Hall–Kier alpha value is -4.78. The number of nitrogens with one attached hydrogen (secondary N) is 1. The first-order valence-corrected chi connectivity index (χ1v) is 17.9. The van der Waals surface area contributed by atoms with Crippen LogP contribution in [-0.4, -0.2) is 82.0 Å². The number of hydrogen-bond donors (Lipinski definition) is 1. The van der Waals surface area contributed by atoms with Crippen LogP contribution in [0.1, 0.15) is 63.7 Å². The number of imide groups is 1. The quantitative estimate of drug-likeness (QED) is 0.152. The van der Waals surface area contributed by atoms with Crippen molar-refractivity contribution in [2.24, 2.45) is 0 Å². The van der Waals surface area contributed by atoms with E-state index in [1.165, 1.54) is 36.9 Å². The van der Waals surface area contributed by atoms with Gasteiger partial charge in [-0.3, -0.25) is 19.4 Å². The van der Waals surface area contributed by atoms with Crippen molar-refractivity contribution in [2.75, 3.05) is 51.8 Å². The zero-order valence-electron chi connectivity index (χ0n) is 27.9. The summed E-state index contributed by atoms with van der Waals surface area (Å²) < 4.78 is 39.2. The predicted molar refractivity (Wildman–Crippen MR) is 187 cm³/mol. The van der Waals surface area contributed by atoms with Crippen molar-refractivity contribution in [1.82, 2.24) is 19.5 Å². The molecule has 49 heavy (non-hydrogen) atoms. The molecule has 1 aromatic heterocycles. The second kappa shape index (κ2) is 14.8. The molecule has 4 aromatic rings. The van der Waals surface area contributed by atoms with Gasteiger partial charge < -0.3 is 14.4 Å². The molecule has 0 saturated carbocycles. The van der Waals surface area contributed by atoms with Gasteiger partial charge in [0.05, 0.1) is 37.1 Å². The van der Waals surface area contributed by atoms with Crippen molar-refractivity contribution in [3.8, 4) is 11.5 Å². The fourth-order valence-corrected chi connectivity index (χ4v) is 7.73. The van der Waals surface area contributed by atoms with E-state index in [1.807, 2.05) is 24.3 Å². The number of carbonyl (C=O) groups is 2. The largest absolute Gasteiger partial charge is 0.493 e. The van der Waals surface area contributed by atoms with E-state index in [1.54, 1.807) is 30.3 Å². The van der Waals surface area contributed by atoms with Crippen LogP contribution in [0.25, 0.3) is 0 Å². The lowest BCUT2D eigenvalue weighted by Crippen LogP contribution is -2.47. The van der Waals surface area contributed by atoms with E-state index in [9.17, 15) is 18.0 Å². The molecular weight excluding hydrogens is 643 g/mol. The van der Waals surface area contributed by atoms with E-state index >= 15 is 0 Å². The molecule has 0 spiro atoms. The highest BCUT2D eigenvalue weighted by Gasteiger charge is 2.43. The minimum absolute atomic E-state index is 0.0744. The van der Waals surface area contributed by atoms with Crippen LogP contribution in [0, 0.1) is 0 Å². The zero-order valence-corrected chi connectivity index (χ0v) is 28.7. The lowest BCUT2D eigenvalue weighted by atomic mass is 9.99. The highest BCUT2D eigenvalue weighted by Crippen LogP contribution is 2.40. The maximum atomic E-state index is 14.4. The number of ether oxygens (including phenoxy) is 2. The van der Waals surface area contributed by atoms with Gasteiger partial charge in [0.1, 0.15) is 0 Å². The van der Waals surface area contributed by atoms with E-state index in [0.29, 0.717) is 54.1 Å². The number of fused-ring (bicyclic) bond motifs is 1. The summed E-state index contributed by atoms with van der Waals surface area (Å²) in [6, 6.07) is 25.4. The fourth-order valence-electron chi connectivity index (χ4n) is 6.71. The number of anilines is 1. The Morgan fingerprint density at radius 1 is 0.816 bits per heavy atom. The Balaban J connectivity index is 1.23. The van der Waals surface area contributed by atoms with Crippen LogP contribution >= 0.6 is 0 Å². The van der Waals surface area contributed by atoms with Crippen LogP contribution in [0.3, 0.4) is 0 Å². The molecule has 2 aliphatic heterocycles.